The number of amides is 1. The molecule has 3 heterocycles. The Morgan fingerprint density at radius 1 is 1.24 bits per heavy atom. The van der Waals surface area contributed by atoms with Crippen LogP contribution in [0.1, 0.15) is 10.5 Å². The Morgan fingerprint density at radius 3 is 2.88 bits per heavy atom. The van der Waals surface area contributed by atoms with Gasteiger partial charge < -0.3 is 10.1 Å². The number of hydrogen-bond acceptors (Lipinski definition) is 5. The summed E-state index contributed by atoms with van der Waals surface area (Å²) in [6, 6.07) is 7.93. The van der Waals surface area contributed by atoms with Gasteiger partial charge in [0.25, 0.3) is 5.91 Å². The molecule has 0 unspecified atom stereocenters. The zero-order valence-corrected chi connectivity index (χ0v) is 13.4. The molecule has 1 aromatic carbocycles. The fourth-order valence-corrected chi connectivity index (χ4v) is 2.71. The Bertz CT molecular complexity index is 969. The van der Waals surface area contributed by atoms with Gasteiger partial charge in [-0.25, -0.2) is 14.4 Å². The highest BCUT2D eigenvalue weighted by molar-refractivity contribution is 5.94. The fourth-order valence-electron chi connectivity index (χ4n) is 2.71. The van der Waals surface area contributed by atoms with Crippen LogP contribution in [0.5, 0.6) is 5.75 Å². The number of nitrogens with zero attached hydrogens (tertiary/aromatic N) is 4. The second kappa shape index (κ2) is 5.97. The van der Waals surface area contributed by atoms with Crippen LogP contribution in [0.25, 0.3) is 22.8 Å². The number of nitrogens with one attached hydrogen (secondary N) is 1. The van der Waals surface area contributed by atoms with Crippen molar-refractivity contribution in [2.45, 2.75) is 6.54 Å². The number of aromatic nitrogens is 4. The molecule has 8 heteroatoms. The minimum atomic E-state index is -0.483. The summed E-state index contributed by atoms with van der Waals surface area (Å²) in [4.78, 5) is 20.5. The van der Waals surface area contributed by atoms with E-state index in [0.717, 1.165) is 0 Å². The van der Waals surface area contributed by atoms with Crippen molar-refractivity contribution in [2.75, 3.05) is 13.7 Å². The van der Waals surface area contributed by atoms with Crippen molar-refractivity contribution in [1.29, 1.82) is 0 Å². The van der Waals surface area contributed by atoms with Gasteiger partial charge in [0.2, 0.25) is 0 Å². The maximum Gasteiger partial charge on any atom is 0.269 e. The molecule has 0 radical (unpaired) electrons. The average Bonchev–Trinajstić information content (AvgIpc) is 3.07. The van der Waals surface area contributed by atoms with Gasteiger partial charge in [-0.1, -0.05) is 0 Å². The molecular weight excluding hydrogens is 325 g/mol. The number of benzene rings is 1. The van der Waals surface area contributed by atoms with Gasteiger partial charge in [-0.05, 0) is 30.3 Å². The van der Waals surface area contributed by atoms with Crippen molar-refractivity contribution in [3.05, 3.63) is 48.0 Å². The van der Waals surface area contributed by atoms with Crippen LogP contribution < -0.4 is 10.1 Å². The largest absolute Gasteiger partial charge is 0.494 e. The molecular formula is C17H14FN5O2. The normalized spacial score (nSPS) is 13.3. The van der Waals surface area contributed by atoms with Crippen LogP contribution >= 0.6 is 0 Å². The van der Waals surface area contributed by atoms with Gasteiger partial charge in [0.15, 0.2) is 17.4 Å². The molecule has 4 rings (SSSR count). The summed E-state index contributed by atoms with van der Waals surface area (Å²) in [6.45, 7) is 1.16. The molecule has 0 spiro atoms. The van der Waals surface area contributed by atoms with Crippen molar-refractivity contribution >= 4 is 5.91 Å². The quantitative estimate of drug-likeness (QED) is 0.788. The topological polar surface area (TPSA) is 81.9 Å². The molecule has 1 amide bonds. The number of halogens is 1. The van der Waals surface area contributed by atoms with Gasteiger partial charge in [0.1, 0.15) is 11.4 Å². The molecule has 1 aliphatic heterocycles. The number of carbonyl (C=O) groups is 1. The molecule has 2 aromatic heterocycles. The van der Waals surface area contributed by atoms with Crippen molar-refractivity contribution in [3.8, 4) is 28.5 Å². The molecule has 0 atom stereocenters. The fraction of sp³-hybridized carbons (Fsp3) is 0.176. The molecule has 7 nitrogen and oxygen atoms in total. The standard InChI is InChI=1S/C17H14FN5O2/c1-25-15-3-2-10(8-11(15)18)16-19-5-4-12(21-16)13-9-14-17(24)20-6-7-23(14)22-13/h2-5,8-9H,6-7H2,1H3,(H,20,24). The van der Waals surface area contributed by atoms with E-state index in [9.17, 15) is 9.18 Å². The van der Waals surface area contributed by atoms with Crippen LogP contribution in [-0.2, 0) is 6.54 Å². The Hall–Kier alpha value is -3.29. The maximum atomic E-state index is 13.9. The molecule has 0 bridgehead atoms. The van der Waals surface area contributed by atoms with E-state index in [1.165, 1.54) is 19.2 Å². The van der Waals surface area contributed by atoms with E-state index in [-0.39, 0.29) is 11.7 Å². The smallest absolute Gasteiger partial charge is 0.269 e. The van der Waals surface area contributed by atoms with Crippen LogP contribution in [-0.4, -0.2) is 39.3 Å². The predicted octanol–water partition coefficient (Wildman–Crippen LogP) is 1.90. The predicted molar refractivity (Wildman–Crippen MR) is 87.5 cm³/mol. The minimum Gasteiger partial charge on any atom is -0.494 e. The van der Waals surface area contributed by atoms with Crippen LogP contribution in [0.15, 0.2) is 36.5 Å². The lowest BCUT2D eigenvalue weighted by Crippen LogP contribution is -2.35. The summed E-state index contributed by atoms with van der Waals surface area (Å²) in [5, 5.41) is 7.19. The van der Waals surface area contributed by atoms with Crippen molar-refractivity contribution in [1.82, 2.24) is 25.1 Å². The van der Waals surface area contributed by atoms with Crippen LogP contribution in [0.4, 0.5) is 4.39 Å². The molecule has 25 heavy (non-hydrogen) atoms. The summed E-state index contributed by atoms with van der Waals surface area (Å²) in [5.74, 6) is -0.109. The third kappa shape index (κ3) is 2.71. The van der Waals surface area contributed by atoms with E-state index in [1.807, 2.05) is 0 Å². The summed E-state index contributed by atoms with van der Waals surface area (Å²) in [7, 11) is 1.41. The van der Waals surface area contributed by atoms with Gasteiger partial charge in [0.05, 0.1) is 19.3 Å². The zero-order valence-electron chi connectivity index (χ0n) is 13.4. The molecule has 3 aromatic rings. The van der Waals surface area contributed by atoms with Crippen molar-refractivity contribution in [2.24, 2.45) is 0 Å². The van der Waals surface area contributed by atoms with Gasteiger partial charge in [-0.2, -0.15) is 5.10 Å². The SMILES string of the molecule is COc1ccc(-c2nccc(-c3cc4n(n3)CCNC4=O)n2)cc1F. The Labute approximate surface area is 142 Å². The first kappa shape index (κ1) is 15.3. The lowest BCUT2D eigenvalue weighted by atomic mass is 10.2. The zero-order chi connectivity index (χ0) is 17.4. The van der Waals surface area contributed by atoms with Gasteiger partial charge in [0, 0.05) is 18.3 Å². The number of fused-ring (bicyclic) bond motifs is 1. The van der Waals surface area contributed by atoms with E-state index in [0.29, 0.717) is 41.6 Å². The third-order valence-electron chi connectivity index (χ3n) is 3.95. The summed E-state index contributed by atoms with van der Waals surface area (Å²) in [6.07, 6.45) is 1.58. The summed E-state index contributed by atoms with van der Waals surface area (Å²) in [5.41, 5.74) is 2.17. The molecule has 0 fully saturated rings. The highest BCUT2D eigenvalue weighted by Gasteiger charge is 2.20. The molecule has 0 aliphatic carbocycles. The lowest BCUT2D eigenvalue weighted by molar-refractivity contribution is 0.0924. The average molecular weight is 339 g/mol. The lowest BCUT2D eigenvalue weighted by Gasteiger charge is -2.13. The second-order valence-electron chi connectivity index (χ2n) is 5.51. The van der Waals surface area contributed by atoms with Gasteiger partial charge >= 0.3 is 0 Å². The molecule has 0 saturated heterocycles. The maximum absolute atomic E-state index is 13.9. The number of methoxy groups -OCH3 is 1. The van der Waals surface area contributed by atoms with Crippen molar-refractivity contribution in [3.63, 3.8) is 0 Å². The monoisotopic (exact) mass is 339 g/mol. The Kier molecular flexibility index (Phi) is 3.64. The third-order valence-corrected chi connectivity index (χ3v) is 3.95. The van der Waals surface area contributed by atoms with E-state index >= 15 is 0 Å². The Balaban J connectivity index is 1.73. The summed E-state index contributed by atoms with van der Waals surface area (Å²) >= 11 is 0. The van der Waals surface area contributed by atoms with Crippen molar-refractivity contribution < 1.29 is 13.9 Å². The summed E-state index contributed by atoms with van der Waals surface area (Å²) < 4.78 is 20.5. The van der Waals surface area contributed by atoms with Gasteiger partial charge in [-0.3, -0.25) is 9.48 Å². The number of carbonyl (C=O) groups excluding carboxylic acids is 1. The first-order valence-electron chi connectivity index (χ1n) is 7.69. The van der Waals surface area contributed by atoms with E-state index in [4.69, 9.17) is 4.74 Å². The molecule has 126 valence electrons. The second-order valence-corrected chi connectivity index (χ2v) is 5.51. The number of ether oxygens (including phenoxy) is 1. The van der Waals surface area contributed by atoms with E-state index < -0.39 is 5.82 Å². The van der Waals surface area contributed by atoms with E-state index in [2.05, 4.69) is 20.4 Å². The first-order chi connectivity index (χ1) is 12.2. The minimum absolute atomic E-state index is 0.156. The molecule has 1 aliphatic rings. The highest BCUT2D eigenvalue weighted by Crippen LogP contribution is 2.25. The number of hydrogen-bond donors (Lipinski definition) is 1. The molecule has 1 N–H and O–H groups in total. The highest BCUT2D eigenvalue weighted by atomic mass is 19.1. The van der Waals surface area contributed by atoms with Crippen LogP contribution in [0, 0.1) is 5.82 Å². The van der Waals surface area contributed by atoms with Crippen LogP contribution in [0.2, 0.25) is 0 Å². The first-order valence-corrected chi connectivity index (χ1v) is 7.69. The van der Waals surface area contributed by atoms with E-state index in [1.54, 1.807) is 29.1 Å². The number of rotatable bonds is 3. The Morgan fingerprint density at radius 2 is 2.12 bits per heavy atom. The molecule has 0 saturated carbocycles. The van der Waals surface area contributed by atoms with Gasteiger partial charge in [-0.15, -0.1) is 0 Å². The van der Waals surface area contributed by atoms with Crippen LogP contribution in [0.3, 0.4) is 0 Å².